The van der Waals surface area contributed by atoms with Gasteiger partial charge in [-0.3, -0.25) is 4.57 Å². The van der Waals surface area contributed by atoms with Gasteiger partial charge in [-0.15, -0.1) is 11.6 Å². The number of halogens is 1. The summed E-state index contributed by atoms with van der Waals surface area (Å²) in [4.78, 5) is 0. The molecular formula is C10H24ClO4PSi. The van der Waals surface area contributed by atoms with Crippen LogP contribution >= 0.6 is 19.2 Å². The quantitative estimate of drug-likeness (QED) is 0.385. The molecule has 0 heterocycles. The largest absolute Gasteiger partial charge is 0.413 e. The molecule has 4 nitrogen and oxygen atoms in total. The third-order valence-corrected chi connectivity index (χ3v) is 6.26. The van der Waals surface area contributed by atoms with Gasteiger partial charge in [-0.1, -0.05) is 0 Å². The Hall–Kier alpha value is 0.617. The second kappa shape index (κ2) is 7.27. The zero-order chi connectivity index (χ0) is 13.7. The fraction of sp³-hybridized carbons (Fsp3) is 1.00. The molecule has 0 saturated heterocycles. The summed E-state index contributed by atoms with van der Waals surface area (Å²) in [7, 11) is -5.01. The van der Waals surface area contributed by atoms with Crippen molar-refractivity contribution in [1.82, 2.24) is 0 Å². The molecule has 0 bridgehead atoms. The molecule has 0 aromatic carbocycles. The van der Waals surface area contributed by atoms with E-state index in [-0.39, 0.29) is 6.10 Å². The number of rotatable bonds is 8. The normalized spacial score (nSPS) is 16.9. The van der Waals surface area contributed by atoms with Gasteiger partial charge in [0.1, 0.15) is 0 Å². The summed E-state index contributed by atoms with van der Waals surface area (Å²) in [6, 6.07) is 0. The molecule has 0 amide bonds. The van der Waals surface area contributed by atoms with Crippen LogP contribution in [0.1, 0.15) is 20.8 Å². The molecule has 0 radical (unpaired) electrons. The molecule has 104 valence electrons. The van der Waals surface area contributed by atoms with E-state index in [1.54, 1.807) is 20.8 Å². The van der Waals surface area contributed by atoms with E-state index >= 15 is 0 Å². The summed E-state index contributed by atoms with van der Waals surface area (Å²) in [6.07, 6.45) is -0.354. The lowest BCUT2D eigenvalue weighted by Crippen LogP contribution is -2.35. The average molecular weight is 303 g/mol. The fourth-order valence-electron chi connectivity index (χ4n) is 1.41. The SMILES string of the molecule is CCOP(=O)(OCC)C(Cl)C(C)O[Si](C)(C)C. The van der Waals surface area contributed by atoms with E-state index in [1.807, 2.05) is 0 Å². The highest BCUT2D eigenvalue weighted by molar-refractivity contribution is 7.56. The van der Waals surface area contributed by atoms with Crippen LogP contribution in [0, 0.1) is 0 Å². The number of hydrogen-bond donors (Lipinski definition) is 0. The molecule has 0 spiro atoms. The monoisotopic (exact) mass is 302 g/mol. The third-order valence-electron chi connectivity index (χ3n) is 1.85. The molecule has 0 rings (SSSR count). The molecule has 0 N–H and O–H groups in total. The Bertz CT molecular complexity index is 260. The van der Waals surface area contributed by atoms with Gasteiger partial charge in [0.2, 0.25) is 0 Å². The van der Waals surface area contributed by atoms with Crippen LogP contribution in [0.5, 0.6) is 0 Å². The fourth-order valence-corrected chi connectivity index (χ4v) is 4.91. The molecular weight excluding hydrogens is 279 g/mol. The lowest BCUT2D eigenvalue weighted by Gasteiger charge is -2.30. The Morgan fingerprint density at radius 1 is 1.18 bits per heavy atom. The zero-order valence-electron chi connectivity index (χ0n) is 11.5. The maximum absolute atomic E-state index is 12.4. The van der Waals surface area contributed by atoms with Gasteiger partial charge in [-0.25, -0.2) is 0 Å². The summed E-state index contributed by atoms with van der Waals surface area (Å²) in [5, 5.41) is -0.769. The van der Waals surface area contributed by atoms with Gasteiger partial charge in [0.05, 0.1) is 19.3 Å². The van der Waals surface area contributed by atoms with E-state index in [0.29, 0.717) is 13.2 Å². The molecule has 17 heavy (non-hydrogen) atoms. The summed E-state index contributed by atoms with van der Waals surface area (Å²) >= 11 is 6.19. The second-order valence-corrected chi connectivity index (χ2v) is 12.1. The third kappa shape index (κ3) is 6.37. The Morgan fingerprint density at radius 3 is 1.88 bits per heavy atom. The zero-order valence-corrected chi connectivity index (χ0v) is 14.2. The first-order valence-electron chi connectivity index (χ1n) is 5.87. The molecule has 2 unspecified atom stereocenters. The Morgan fingerprint density at radius 2 is 1.59 bits per heavy atom. The van der Waals surface area contributed by atoms with Crippen molar-refractivity contribution in [3.63, 3.8) is 0 Å². The van der Waals surface area contributed by atoms with E-state index in [2.05, 4.69) is 19.6 Å². The van der Waals surface area contributed by atoms with Gasteiger partial charge in [-0.05, 0) is 40.4 Å². The van der Waals surface area contributed by atoms with Crippen LogP contribution in [0.15, 0.2) is 0 Å². The molecule has 0 aliphatic rings. The highest BCUT2D eigenvalue weighted by atomic mass is 35.5. The predicted octanol–water partition coefficient (Wildman–Crippen LogP) is 4.06. The van der Waals surface area contributed by atoms with Crippen molar-refractivity contribution in [3.8, 4) is 0 Å². The summed E-state index contributed by atoms with van der Waals surface area (Å²) in [6.45, 7) is 12.1. The molecule has 0 aliphatic carbocycles. The Balaban J connectivity index is 4.72. The molecule has 0 saturated carbocycles. The highest BCUT2D eigenvalue weighted by Crippen LogP contribution is 2.56. The van der Waals surface area contributed by atoms with E-state index in [4.69, 9.17) is 25.1 Å². The molecule has 2 atom stereocenters. The first kappa shape index (κ1) is 17.6. The van der Waals surface area contributed by atoms with Gasteiger partial charge in [0, 0.05) is 0 Å². The van der Waals surface area contributed by atoms with Crippen LogP contribution in [0.2, 0.25) is 19.6 Å². The van der Waals surface area contributed by atoms with Gasteiger partial charge >= 0.3 is 7.60 Å². The van der Waals surface area contributed by atoms with Gasteiger partial charge in [0.15, 0.2) is 13.4 Å². The summed E-state index contributed by atoms with van der Waals surface area (Å²) < 4.78 is 28.6. The molecule has 7 heteroatoms. The minimum absolute atomic E-state index is 0.306. The summed E-state index contributed by atoms with van der Waals surface area (Å²) in [5.74, 6) is 0. The smallest absolute Gasteiger partial charge is 0.350 e. The van der Waals surface area contributed by atoms with E-state index in [1.165, 1.54) is 0 Å². The van der Waals surface area contributed by atoms with Crippen molar-refractivity contribution < 1.29 is 18.0 Å². The van der Waals surface area contributed by atoms with Gasteiger partial charge in [-0.2, -0.15) is 0 Å². The molecule has 0 aromatic rings. The van der Waals surface area contributed by atoms with Crippen molar-refractivity contribution in [2.45, 2.75) is 51.6 Å². The van der Waals surface area contributed by atoms with Crippen molar-refractivity contribution in [1.29, 1.82) is 0 Å². The second-order valence-electron chi connectivity index (χ2n) is 4.68. The van der Waals surface area contributed by atoms with Crippen LogP contribution in [-0.4, -0.2) is 32.8 Å². The average Bonchev–Trinajstić information content (AvgIpc) is 2.14. The Labute approximate surface area is 111 Å². The van der Waals surface area contributed by atoms with E-state index in [0.717, 1.165) is 0 Å². The Kier molecular flexibility index (Phi) is 7.53. The van der Waals surface area contributed by atoms with E-state index in [9.17, 15) is 4.57 Å². The molecule has 0 aliphatic heterocycles. The topological polar surface area (TPSA) is 44.8 Å². The minimum Gasteiger partial charge on any atom is -0.413 e. The van der Waals surface area contributed by atoms with Crippen molar-refractivity contribution >= 4 is 27.5 Å². The highest BCUT2D eigenvalue weighted by Gasteiger charge is 2.39. The standard InChI is InChI=1S/C10H24ClO4PSi/c1-7-13-16(12,14-8-2)10(11)9(3)15-17(4,5)6/h9-10H,7-8H2,1-6H3. The maximum atomic E-state index is 12.4. The van der Waals surface area contributed by atoms with Gasteiger partial charge in [0.25, 0.3) is 0 Å². The first-order chi connectivity index (χ1) is 7.66. The predicted molar refractivity (Wildman–Crippen MR) is 74.4 cm³/mol. The van der Waals surface area contributed by atoms with Crippen LogP contribution in [0.4, 0.5) is 0 Å². The molecule has 0 fully saturated rings. The van der Waals surface area contributed by atoms with Crippen LogP contribution in [0.25, 0.3) is 0 Å². The lowest BCUT2D eigenvalue weighted by molar-refractivity contribution is 0.181. The first-order valence-corrected chi connectivity index (χ1v) is 11.3. The van der Waals surface area contributed by atoms with Crippen molar-refractivity contribution in [3.05, 3.63) is 0 Å². The molecule has 0 aromatic heterocycles. The van der Waals surface area contributed by atoms with Gasteiger partial charge < -0.3 is 13.5 Å². The van der Waals surface area contributed by atoms with Crippen LogP contribution in [-0.2, 0) is 18.0 Å². The maximum Gasteiger partial charge on any atom is 0.350 e. The lowest BCUT2D eigenvalue weighted by atomic mass is 10.5. The number of hydrogen-bond acceptors (Lipinski definition) is 4. The van der Waals surface area contributed by atoms with Crippen molar-refractivity contribution in [2.24, 2.45) is 0 Å². The van der Waals surface area contributed by atoms with E-state index < -0.39 is 21.0 Å². The number of alkyl halides is 1. The van der Waals surface area contributed by atoms with Crippen molar-refractivity contribution in [2.75, 3.05) is 13.2 Å². The minimum atomic E-state index is -3.29. The summed E-state index contributed by atoms with van der Waals surface area (Å²) in [5.41, 5.74) is 0. The van der Waals surface area contributed by atoms with Crippen LogP contribution in [0.3, 0.4) is 0 Å². The van der Waals surface area contributed by atoms with Crippen LogP contribution < -0.4 is 0 Å².